The lowest BCUT2D eigenvalue weighted by molar-refractivity contribution is 0.186. The van der Waals surface area contributed by atoms with Crippen LogP contribution in [0.3, 0.4) is 0 Å². The number of urea groups is 1. The van der Waals surface area contributed by atoms with E-state index in [9.17, 15) is 4.79 Å². The maximum absolute atomic E-state index is 12.2. The van der Waals surface area contributed by atoms with Crippen LogP contribution < -0.4 is 10.1 Å². The minimum Gasteiger partial charge on any atom is -0.488 e. The van der Waals surface area contributed by atoms with Gasteiger partial charge in [-0.2, -0.15) is 0 Å². The largest absolute Gasteiger partial charge is 0.488 e. The summed E-state index contributed by atoms with van der Waals surface area (Å²) in [5.41, 5.74) is 1.03. The number of carbonyl (C=O) groups is 1. The average molecular weight is 298 g/mol. The highest BCUT2D eigenvalue weighted by atomic mass is 16.5. The van der Waals surface area contributed by atoms with E-state index in [-0.39, 0.29) is 12.1 Å². The predicted molar refractivity (Wildman–Crippen MR) is 81.3 cm³/mol. The van der Waals surface area contributed by atoms with E-state index < -0.39 is 0 Å². The molecule has 2 aromatic rings. The van der Waals surface area contributed by atoms with Crippen molar-refractivity contribution in [2.24, 2.45) is 0 Å². The monoisotopic (exact) mass is 298 g/mol. The molecule has 1 aliphatic heterocycles. The van der Waals surface area contributed by atoms with Crippen molar-refractivity contribution in [3.8, 4) is 5.75 Å². The Balaban J connectivity index is 1.46. The Morgan fingerprint density at radius 2 is 1.86 bits per heavy atom. The minimum atomic E-state index is -0.0577. The number of nitrogens with zero attached hydrogens (tertiary/aromatic N) is 3. The first-order chi connectivity index (χ1) is 10.8. The molecule has 2 amide bonds. The highest BCUT2D eigenvalue weighted by molar-refractivity contribution is 5.74. The molecule has 2 aromatic heterocycles. The number of amides is 2. The van der Waals surface area contributed by atoms with Crippen LogP contribution in [-0.4, -0.2) is 40.1 Å². The van der Waals surface area contributed by atoms with Crippen molar-refractivity contribution in [1.29, 1.82) is 0 Å². The van der Waals surface area contributed by atoms with Crippen LogP contribution in [0, 0.1) is 0 Å². The summed E-state index contributed by atoms with van der Waals surface area (Å²) in [6.45, 7) is 1.82. The van der Waals surface area contributed by atoms with Crippen molar-refractivity contribution in [2.45, 2.75) is 19.1 Å². The SMILES string of the molecule is O=C(NCc1ccncc1)N1CC[C@@H](Oc2ccncc2)C1. The second kappa shape index (κ2) is 6.89. The molecule has 0 unspecified atom stereocenters. The van der Waals surface area contributed by atoms with Gasteiger partial charge in [-0.1, -0.05) is 0 Å². The van der Waals surface area contributed by atoms with E-state index >= 15 is 0 Å². The number of aromatic nitrogens is 2. The number of rotatable bonds is 4. The van der Waals surface area contributed by atoms with Crippen LogP contribution in [0.1, 0.15) is 12.0 Å². The molecular weight excluding hydrogens is 280 g/mol. The molecule has 1 saturated heterocycles. The molecule has 3 heterocycles. The van der Waals surface area contributed by atoms with Gasteiger partial charge in [0.15, 0.2) is 0 Å². The van der Waals surface area contributed by atoms with E-state index in [1.165, 1.54) is 0 Å². The van der Waals surface area contributed by atoms with Crippen molar-refractivity contribution >= 4 is 6.03 Å². The van der Waals surface area contributed by atoms with Gasteiger partial charge in [0.25, 0.3) is 0 Å². The van der Waals surface area contributed by atoms with E-state index in [4.69, 9.17) is 4.74 Å². The van der Waals surface area contributed by atoms with E-state index in [2.05, 4.69) is 15.3 Å². The van der Waals surface area contributed by atoms with Crippen molar-refractivity contribution in [1.82, 2.24) is 20.2 Å². The molecule has 0 saturated carbocycles. The van der Waals surface area contributed by atoms with Crippen molar-refractivity contribution in [3.63, 3.8) is 0 Å². The van der Waals surface area contributed by atoms with Crippen LogP contribution in [0.5, 0.6) is 5.75 Å². The summed E-state index contributed by atoms with van der Waals surface area (Å²) in [6, 6.07) is 7.37. The lowest BCUT2D eigenvalue weighted by Gasteiger charge is -2.18. The Hall–Kier alpha value is -2.63. The molecule has 0 aromatic carbocycles. The number of pyridine rings is 2. The van der Waals surface area contributed by atoms with Crippen LogP contribution >= 0.6 is 0 Å². The summed E-state index contributed by atoms with van der Waals surface area (Å²) >= 11 is 0. The highest BCUT2D eigenvalue weighted by Gasteiger charge is 2.27. The van der Waals surface area contributed by atoms with Gasteiger partial charge in [0.1, 0.15) is 11.9 Å². The summed E-state index contributed by atoms with van der Waals surface area (Å²) < 4.78 is 5.85. The van der Waals surface area contributed by atoms with Crippen molar-refractivity contribution < 1.29 is 9.53 Å². The smallest absolute Gasteiger partial charge is 0.317 e. The van der Waals surface area contributed by atoms with Crippen molar-refractivity contribution in [2.75, 3.05) is 13.1 Å². The number of nitrogens with one attached hydrogen (secondary N) is 1. The third-order valence-corrected chi connectivity index (χ3v) is 3.58. The van der Waals surface area contributed by atoms with Gasteiger partial charge in [-0.15, -0.1) is 0 Å². The maximum atomic E-state index is 12.2. The normalized spacial score (nSPS) is 17.3. The molecular formula is C16H18N4O2. The number of likely N-dealkylation sites (tertiary alicyclic amines) is 1. The first-order valence-electron chi connectivity index (χ1n) is 7.29. The molecule has 1 aliphatic rings. The van der Waals surface area contributed by atoms with Gasteiger partial charge < -0.3 is 15.0 Å². The number of ether oxygens (including phenoxy) is 1. The Labute approximate surface area is 129 Å². The van der Waals surface area contributed by atoms with Crippen LogP contribution in [0.4, 0.5) is 4.79 Å². The molecule has 22 heavy (non-hydrogen) atoms. The number of carbonyl (C=O) groups excluding carboxylic acids is 1. The summed E-state index contributed by atoms with van der Waals surface area (Å²) in [4.78, 5) is 21.8. The third-order valence-electron chi connectivity index (χ3n) is 3.58. The van der Waals surface area contributed by atoms with Gasteiger partial charge in [0.05, 0.1) is 6.54 Å². The molecule has 0 spiro atoms. The van der Waals surface area contributed by atoms with Gasteiger partial charge in [-0.25, -0.2) is 4.79 Å². The molecule has 6 nitrogen and oxygen atoms in total. The van der Waals surface area contributed by atoms with Crippen molar-refractivity contribution in [3.05, 3.63) is 54.6 Å². The Morgan fingerprint density at radius 3 is 2.59 bits per heavy atom. The van der Waals surface area contributed by atoms with Gasteiger partial charge in [-0.3, -0.25) is 9.97 Å². The summed E-state index contributed by atoms with van der Waals surface area (Å²) in [6.07, 6.45) is 7.71. The average Bonchev–Trinajstić information content (AvgIpc) is 3.03. The maximum Gasteiger partial charge on any atom is 0.317 e. The van der Waals surface area contributed by atoms with Gasteiger partial charge in [-0.05, 0) is 29.8 Å². The quantitative estimate of drug-likeness (QED) is 0.935. The standard InChI is InChI=1S/C16H18N4O2/c21-16(19-11-13-1-6-17-7-2-13)20-10-5-15(12-20)22-14-3-8-18-9-4-14/h1-4,6-9,15H,5,10-12H2,(H,19,21)/t15-/m1/s1. The van der Waals surface area contributed by atoms with Crippen LogP contribution in [0.15, 0.2) is 49.1 Å². The summed E-state index contributed by atoms with van der Waals surface area (Å²) in [5.74, 6) is 0.791. The lowest BCUT2D eigenvalue weighted by atomic mass is 10.3. The Bertz CT molecular complexity index is 606. The molecule has 0 bridgehead atoms. The number of hydrogen-bond donors (Lipinski definition) is 1. The molecule has 1 atom stereocenters. The van der Waals surface area contributed by atoms with Gasteiger partial charge in [0, 0.05) is 44.3 Å². The molecule has 1 N–H and O–H groups in total. The Morgan fingerprint density at radius 1 is 1.18 bits per heavy atom. The van der Waals surface area contributed by atoms with Crippen LogP contribution in [0.2, 0.25) is 0 Å². The van der Waals surface area contributed by atoms with E-state index in [1.54, 1.807) is 29.7 Å². The zero-order valence-corrected chi connectivity index (χ0v) is 12.2. The third kappa shape index (κ3) is 3.72. The fourth-order valence-corrected chi connectivity index (χ4v) is 2.41. The van der Waals surface area contributed by atoms with E-state index in [1.807, 2.05) is 24.3 Å². The molecule has 6 heteroatoms. The molecule has 0 aliphatic carbocycles. The molecule has 0 radical (unpaired) electrons. The first kappa shape index (κ1) is 14.3. The number of hydrogen-bond acceptors (Lipinski definition) is 4. The first-order valence-corrected chi connectivity index (χ1v) is 7.29. The van der Waals surface area contributed by atoms with Gasteiger partial charge >= 0.3 is 6.03 Å². The zero-order valence-electron chi connectivity index (χ0n) is 12.2. The second-order valence-corrected chi connectivity index (χ2v) is 5.17. The molecule has 114 valence electrons. The topological polar surface area (TPSA) is 67.4 Å². The van der Waals surface area contributed by atoms with Crippen LogP contribution in [-0.2, 0) is 6.54 Å². The molecule has 3 rings (SSSR count). The lowest BCUT2D eigenvalue weighted by Crippen LogP contribution is -2.39. The summed E-state index contributed by atoms with van der Waals surface area (Å²) in [7, 11) is 0. The second-order valence-electron chi connectivity index (χ2n) is 5.17. The van der Waals surface area contributed by atoms with E-state index in [0.29, 0.717) is 19.6 Å². The minimum absolute atomic E-state index is 0.0362. The van der Waals surface area contributed by atoms with Gasteiger partial charge in [0.2, 0.25) is 0 Å². The van der Waals surface area contributed by atoms with E-state index in [0.717, 1.165) is 17.7 Å². The fourth-order valence-electron chi connectivity index (χ4n) is 2.41. The van der Waals surface area contributed by atoms with Crippen LogP contribution in [0.25, 0.3) is 0 Å². The fraction of sp³-hybridized carbons (Fsp3) is 0.312. The highest BCUT2D eigenvalue weighted by Crippen LogP contribution is 2.17. The Kier molecular flexibility index (Phi) is 4.48. The predicted octanol–water partition coefficient (Wildman–Crippen LogP) is 1.84. The molecule has 1 fully saturated rings. The summed E-state index contributed by atoms with van der Waals surface area (Å²) in [5, 5.41) is 2.92. The zero-order chi connectivity index (χ0) is 15.2.